The largest absolute Gasteiger partial charge is 0.488 e. The van der Waals surface area contributed by atoms with E-state index in [1.807, 2.05) is 80.6 Å². The number of carbonyl (C=O) groups excluding carboxylic acids is 1. The molecule has 0 aliphatic carbocycles. The van der Waals surface area contributed by atoms with Gasteiger partial charge in [0.05, 0.1) is 24.3 Å². The van der Waals surface area contributed by atoms with Gasteiger partial charge in [-0.05, 0) is 59.5 Å². The van der Waals surface area contributed by atoms with E-state index in [1.165, 1.54) is 5.56 Å². The monoisotopic (exact) mass is 447 g/mol. The lowest BCUT2D eigenvalue weighted by molar-refractivity contribution is -0.120. The number of rotatable bonds is 7. The molecule has 4 rings (SSSR count). The molecule has 0 aromatic heterocycles. The summed E-state index contributed by atoms with van der Waals surface area (Å²) in [4.78, 5) is 12.5. The van der Waals surface area contributed by atoms with Crippen LogP contribution in [0.15, 0.2) is 84.0 Å². The van der Waals surface area contributed by atoms with Gasteiger partial charge in [-0.15, -0.1) is 0 Å². The summed E-state index contributed by atoms with van der Waals surface area (Å²) in [7, 11) is 0. The topological polar surface area (TPSA) is 74.5 Å². The minimum absolute atomic E-state index is 0.181. The number of carbonyl (C=O) groups is 1. The van der Waals surface area contributed by atoms with Crippen molar-refractivity contribution in [2.45, 2.75) is 26.9 Å². The van der Waals surface area contributed by atoms with E-state index in [-0.39, 0.29) is 12.3 Å². The third-order valence-corrected chi connectivity index (χ3v) is 5.61. The predicted molar refractivity (Wildman–Crippen MR) is 135 cm³/mol. The van der Waals surface area contributed by atoms with Gasteiger partial charge < -0.3 is 4.74 Å². The molecule has 0 fully saturated rings. The Labute approximate surface area is 199 Å². The molecule has 5 nitrogen and oxygen atoms in total. The van der Waals surface area contributed by atoms with Crippen LogP contribution in [-0.2, 0) is 17.8 Å². The van der Waals surface area contributed by atoms with Crippen molar-refractivity contribution in [3.05, 3.63) is 112 Å². The number of ether oxygens (including phenoxy) is 1. The van der Waals surface area contributed by atoms with Gasteiger partial charge in [-0.1, -0.05) is 66.2 Å². The van der Waals surface area contributed by atoms with E-state index in [9.17, 15) is 4.79 Å². The Balaban J connectivity index is 1.53. The molecule has 168 valence electrons. The Bertz CT molecular complexity index is 1420. The molecule has 4 aromatic rings. The van der Waals surface area contributed by atoms with E-state index in [0.717, 1.165) is 33.0 Å². The van der Waals surface area contributed by atoms with E-state index >= 15 is 0 Å². The number of hydrogen-bond donors (Lipinski definition) is 1. The Morgan fingerprint density at radius 3 is 2.71 bits per heavy atom. The van der Waals surface area contributed by atoms with Crippen molar-refractivity contribution in [2.24, 2.45) is 5.10 Å². The summed E-state index contributed by atoms with van der Waals surface area (Å²) in [5.74, 6) is 0.465. The molecule has 0 heterocycles. The normalized spacial score (nSPS) is 10.9. The highest BCUT2D eigenvalue weighted by Gasteiger charge is 2.09. The number of nitrogens with zero attached hydrogens (tertiary/aromatic N) is 2. The molecule has 0 atom stereocenters. The van der Waals surface area contributed by atoms with Crippen LogP contribution in [-0.4, -0.2) is 12.1 Å². The average molecular weight is 448 g/mol. The lowest BCUT2D eigenvalue weighted by Gasteiger charge is -2.12. The molecule has 0 radical (unpaired) electrons. The van der Waals surface area contributed by atoms with E-state index in [1.54, 1.807) is 12.3 Å². The van der Waals surface area contributed by atoms with Crippen molar-refractivity contribution < 1.29 is 9.53 Å². The van der Waals surface area contributed by atoms with Crippen molar-refractivity contribution in [1.82, 2.24) is 5.43 Å². The van der Waals surface area contributed by atoms with Crippen LogP contribution in [0.2, 0.25) is 0 Å². The standard InChI is InChI=1S/C29H25N3O2/c1-20-10-11-25(21(2)14-20)16-29(33)32-31-18-27-26-9-4-3-8-24(26)12-13-28(27)34-19-23-7-5-6-22(15-23)17-30/h3-15,18H,16,19H2,1-2H3,(H,32,33)/b31-18+. The van der Waals surface area contributed by atoms with Crippen molar-refractivity contribution in [3.8, 4) is 11.8 Å². The quantitative estimate of drug-likeness (QED) is 0.296. The zero-order chi connectivity index (χ0) is 23.9. The maximum atomic E-state index is 12.5. The molecular formula is C29H25N3O2. The molecule has 4 aromatic carbocycles. The van der Waals surface area contributed by atoms with E-state index in [2.05, 4.69) is 22.7 Å². The predicted octanol–water partition coefficient (Wildman–Crippen LogP) is 5.60. The molecule has 0 saturated heterocycles. The Morgan fingerprint density at radius 1 is 1.03 bits per heavy atom. The fourth-order valence-electron chi connectivity index (χ4n) is 3.85. The number of nitriles is 1. The van der Waals surface area contributed by atoms with Crippen LogP contribution < -0.4 is 10.2 Å². The van der Waals surface area contributed by atoms with Gasteiger partial charge in [0.25, 0.3) is 0 Å². The van der Waals surface area contributed by atoms with Crippen molar-refractivity contribution in [2.75, 3.05) is 0 Å². The molecule has 5 heteroatoms. The lowest BCUT2D eigenvalue weighted by atomic mass is 10.0. The van der Waals surface area contributed by atoms with Crippen LogP contribution in [0.4, 0.5) is 0 Å². The molecule has 0 bridgehead atoms. The first-order valence-corrected chi connectivity index (χ1v) is 11.0. The van der Waals surface area contributed by atoms with Gasteiger partial charge in [0, 0.05) is 5.56 Å². The van der Waals surface area contributed by atoms with Gasteiger partial charge in [-0.25, -0.2) is 5.43 Å². The van der Waals surface area contributed by atoms with Gasteiger partial charge >= 0.3 is 0 Å². The maximum absolute atomic E-state index is 12.5. The van der Waals surface area contributed by atoms with Gasteiger partial charge in [0.1, 0.15) is 12.4 Å². The highest BCUT2D eigenvalue weighted by Crippen LogP contribution is 2.27. The lowest BCUT2D eigenvalue weighted by Crippen LogP contribution is -2.20. The maximum Gasteiger partial charge on any atom is 0.244 e. The van der Waals surface area contributed by atoms with Gasteiger partial charge in [-0.2, -0.15) is 10.4 Å². The van der Waals surface area contributed by atoms with Crippen molar-refractivity contribution in [1.29, 1.82) is 5.26 Å². The van der Waals surface area contributed by atoms with E-state index < -0.39 is 0 Å². The third kappa shape index (κ3) is 5.48. The first-order valence-electron chi connectivity index (χ1n) is 11.0. The van der Waals surface area contributed by atoms with E-state index in [4.69, 9.17) is 10.00 Å². The second-order valence-corrected chi connectivity index (χ2v) is 8.20. The Morgan fingerprint density at radius 2 is 1.88 bits per heavy atom. The second kappa shape index (κ2) is 10.5. The molecule has 0 aliphatic heterocycles. The van der Waals surface area contributed by atoms with Crippen molar-refractivity contribution >= 4 is 22.9 Å². The van der Waals surface area contributed by atoms with Crippen LogP contribution in [0.3, 0.4) is 0 Å². The number of nitrogens with one attached hydrogen (secondary N) is 1. The summed E-state index contributed by atoms with van der Waals surface area (Å²) < 4.78 is 6.10. The summed E-state index contributed by atoms with van der Waals surface area (Å²) >= 11 is 0. The minimum Gasteiger partial charge on any atom is -0.488 e. The van der Waals surface area contributed by atoms with E-state index in [0.29, 0.717) is 17.9 Å². The zero-order valence-electron chi connectivity index (χ0n) is 19.2. The van der Waals surface area contributed by atoms with Crippen LogP contribution in [0.25, 0.3) is 10.8 Å². The summed E-state index contributed by atoms with van der Waals surface area (Å²) in [5, 5.41) is 15.4. The SMILES string of the molecule is Cc1ccc(CC(=O)N/N=C/c2c(OCc3cccc(C#N)c3)ccc3ccccc23)c(C)c1. The van der Waals surface area contributed by atoms with Gasteiger partial charge in [0.2, 0.25) is 5.91 Å². The number of hydrazone groups is 1. The highest BCUT2D eigenvalue weighted by atomic mass is 16.5. The number of amides is 1. The average Bonchev–Trinajstić information content (AvgIpc) is 2.85. The summed E-state index contributed by atoms with van der Waals surface area (Å²) in [6.07, 6.45) is 1.89. The molecule has 0 spiro atoms. The molecule has 1 N–H and O–H groups in total. The molecule has 34 heavy (non-hydrogen) atoms. The fraction of sp³-hybridized carbons (Fsp3) is 0.138. The summed E-state index contributed by atoms with van der Waals surface area (Å²) in [5.41, 5.74) is 8.15. The number of benzene rings is 4. The first kappa shape index (κ1) is 22.8. The minimum atomic E-state index is -0.181. The van der Waals surface area contributed by atoms with Gasteiger partial charge in [-0.3, -0.25) is 4.79 Å². The Kier molecular flexibility index (Phi) is 7.00. The molecular weight excluding hydrogens is 422 g/mol. The zero-order valence-corrected chi connectivity index (χ0v) is 19.2. The number of aryl methyl sites for hydroxylation is 2. The summed E-state index contributed by atoms with van der Waals surface area (Å²) in [6, 6.07) is 27.4. The fourth-order valence-corrected chi connectivity index (χ4v) is 3.85. The van der Waals surface area contributed by atoms with Gasteiger partial charge in [0.15, 0.2) is 0 Å². The van der Waals surface area contributed by atoms with Crippen LogP contribution in [0, 0.1) is 25.2 Å². The molecule has 0 unspecified atom stereocenters. The molecule has 1 amide bonds. The smallest absolute Gasteiger partial charge is 0.244 e. The second-order valence-electron chi connectivity index (χ2n) is 8.20. The third-order valence-electron chi connectivity index (χ3n) is 5.61. The molecule has 0 saturated carbocycles. The summed E-state index contributed by atoms with van der Waals surface area (Å²) in [6.45, 7) is 4.35. The number of fused-ring (bicyclic) bond motifs is 1. The Hall–Kier alpha value is -4.43. The highest BCUT2D eigenvalue weighted by molar-refractivity contribution is 6.02. The van der Waals surface area contributed by atoms with Crippen LogP contribution in [0.5, 0.6) is 5.75 Å². The first-order chi connectivity index (χ1) is 16.5. The number of hydrogen-bond acceptors (Lipinski definition) is 4. The van der Waals surface area contributed by atoms with Crippen molar-refractivity contribution in [3.63, 3.8) is 0 Å². The van der Waals surface area contributed by atoms with Crippen LogP contribution in [0.1, 0.15) is 33.4 Å². The van der Waals surface area contributed by atoms with Crippen LogP contribution >= 0.6 is 0 Å². The molecule has 0 aliphatic rings.